The van der Waals surface area contributed by atoms with Gasteiger partial charge in [-0.15, -0.1) is 0 Å². The van der Waals surface area contributed by atoms with Crippen LogP contribution in [0.2, 0.25) is 0 Å². The zero-order valence-corrected chi connectivity index (χ0v) is 24.3. The lowest BCUT2D eigenvalue weighted by Crippen LogP contribution is -2.42. The molecule has 0 aromatic heterocycles. The van der Waals surface area contributed by atoms with E-state index in [1.54, 1.807) is 51.4 Å². The predicted octanol–water partition coefficient (Wildman–Crippen LogP) is 9.18. The van der Waals surface area contributed by atoms with Gasteiger partial charge in [0.1, 0.15) is 6.79 Å². The molecule has 3 nitrogen and oxygen atoms in total. The zero-order valence-electron chi connectivity index (χ0n) is 24.3. The van der Waals surface area contributed by atoms with Crippen molar-refractivity contribution in [1.82, 2.24) is 5.32 Å². The van der Waals surface area contributed by atoms with Gasteiger partial charge < -0.3 is 14.8 Å². The van der Waals surface area contributed by atoms with Crippen molar-refractivity contribution in [2.24, 2.45) is 29.6 Å². The van der Waals surface area contributed by atoms with Crippen LogP contribution in [0.15, 0.2) is 0 Å². The van der Waals surface area contributed by atoms with Gasteiger partial charge in [-0.05, 0) is 74.7 Å². The minimum absolute atomic E-state index is 0.443. The van der Waals surface area contributed by atoms with Crippen LogP contribution < -0.4 is 5.32 Å². The third-order valence-corrected chi connectivity index (χ3v) is 11.7. The van der Waals surface area contributed by atoms with Crippen LogP contribution in [0.4, 0.5) is 0 Å². The normalized spacial score (nSPS) is 42.2. The first-order chi connectivity index (χ1) is 18.4. The van der Waals surface area contributed by atoms with Gasteiger partial charge in [-0.1, -0.05) is 116 Å². The molecule has 3 heteroatoms. The van der Waals surface area contributed by atoms with Gasteiger partial charge in [0.25, 0.3) is 0 Å². The first-order valence-corrected chi connectivity index (χ1v) is 17.3. The zero-order chi connectivity index (χ0) is 25.1. The average Bonchev–Trinajstić information content (AvgIpc) is 3.75. The van der Waals surface area contributed by atoms with Gasteiger partial charge >= 0.3 is 0 Å². The Morgan fingerprint density at radius 2 is 0.730 bits per heavy atom. The highest BCUT2D eigenvalue weighted by Gasteiger charge is 2.31. The number of ether oxygens (including phenoxy) is 2. The summed E-state index contributed by atoms with van der Waals surface area (Å²) >= 11 is 0. The van der Waals surface area contributed by atoms with E-state index in [1.165, 1.54) is 133 Å². The van der Waals surface area contributed by atoms with E-state index in [9.17, 15) is 0 Å². The summed E-state index contributed by atoms with van der Waals surface area (Å²) in [6.07, 6.45) is 36.4. The Morgan fingerprint density at radius 1 is 0.351 bits per heavy atom. The molecular formula is C34H61NO2. The first-order valence-electron chi connectivity index (χ1n) is 17.3. The van der Waals surface area contributed by atoms with Crippen molar-refractivity contribution in [2.75, 3.05) is 13.3 Å². The Labute approximate surface area is 230 Å². The second-order valence-corrected chi connectivity index (χ2v) is 14.0. The van der Waals surface area contributed by atoms with Gasteiger partial charge in [0.2, 0.25) is 0 Å². The van der Waals surface area contributed by atoms with Crippen molar-refractivity contribution in [3.63, 3.8) is 0 Å². The molecule has 6 aliphatic carbocycles. The van der Waals surface area contributed by atoms with E-state index < -0.39 is 0 Å². The van der Waals surface area contributed by atoms with Crippen molar-refractivity contribution < 1.29 is 9.47 Å². The molecule has 214 valence electrons. The molecule has 2 heterocycles. The van der Waals surface area contributed by atoms with Gasteiger partial charge in [-0.3, -0.25) is 0 Å². The molecule has 4 unspecified atom stereocenters. The molecular weight excluding hydrogens is 454 g/mol. The van der Waals surface area contributed by atoms with Crippen LogP contribution in [0.1, 0.15) is 154 Å². The van der Waals surface area contributed by atoms with Crippen LogP contribution in [0.25, 0.3) is 0 Å². The predicted molar refractivity (Wildman–Crippen MR) is 155 cm³/mol. The maximum Gasteiger partial charge on any atom is 0.147 e. The van der Waals surface area contributed by atoms with Crippen LogP contribution in [0.5, 0.6) is 0 Å². The highest BCUT2D eigenvalue weighted by Crippen LogP contribution is 2.42. The van der Waals surface area contributed by atoms with E-state index in [0.29, 0.717) is 19.0 Å². The Kier molecular flexibility index (Phi) is 12.0. The van der Waals surface area contributed by atoms with Gasteiger partial charge in [-0.25, -0.2) is 0 Å². The highest BCUT2D eigenvalue weighted by atomic mass is 16.7. The topological polar surface area (TPSA) is 30.5 Å². The smallest absolute Gasteiger partial charge is 0.147 e. The number of nitrogens with one attached hydrogen (secondary N) is 1. The number of hydrogen-bond acceptors (Lipinski definition) is 3. The summed E-state index contributed by atoms with van der Waals surface area (Å²) in [6.45, 7) is 1.82. The quantitative estimate of drug-likeness (QED) is 0.349. The fourth-order valence-electron chi connectivity index (χ4n) is 9.51. The molecule has 0 radical (unpaired) electrons. The summed E-state index contributed by atoms with van der Waals surface area (Å²) < 4.78 is 10.7. The molecule has 1 N–H and O–H groups in total. The molecule has 8 fully saturated rings. The van der Waals surface area contributed by atoms with Crippen LogP contribution in [-0.4, -0.2) is 31.6 Å². The van der Waals surface area contributed by atoms with E-state index >= 15 is 0 Å². The Balaban J connectivity index is 0.000000101. The summed E-state index contributed by atoms with van der Waals surface area (Å²) in [5.41, 5.74) is 0. The van der Waals surface area contributed by atoms with Gasteiger partial charge in [-0.2, -0.15) is 0 Å². The molecule has 0 bridgehead atoms. The molecule has 8 aliphatic rings. The number of fused-ring (bicyclic) bond motifs is 4. The molecule has 0 spiro atoms. The molecule has 0 aromatic rings. The third kappa shape index (κ3) is 8.68. The van der Waals surface area contributed by atoms with E-state index in [-0.39, 0.29) is 0 Å². The van der Waals surface area contributed by atoms with E-state index in [0.717, 1.165) is 12.0 Å². The van der Waals surface area contributed by atoms with Crippen LogP contribution >= 0.6 is 0 Å². The van der Waals surface area contributed by atoms with Crippen LogP contribution in [0.3, 0.4) is 0 Å². The van der Waals surface area contributed by atoms with Crippen LogP contribution in [-0.2, 0) is 9.47 Å². The second-order valence-electron chi connectivity index (χ2n) is 14.0. The third-order valence-electron chi connectivity index (χ3n) is 11.7. The second kappa shape index (κ2) is 15.6. The highest BCUT2D eigenvalue weighted by molar-refractivity contribution is 4.84. The van der Waals surface area contributed by atoms with Crippen molar-refractivity contribution in [1.29, 1.82) is 0 Å². The largest absolute Gasteiger partial charge is 0.349 e. The van der Waals surface area contributed by atoms with E-state index in [1.807, 2.05) is 0 Å². The maximum atomic E-state index is 5.33. The monoisotopic (exact) mass is 515 g/mol. The van der Waals surface area contributed by atoms with E-state index in [4.69, 9.17) is 9.47 Å². The minimum atomic E-state index is 0.443. The van der Waals surface area contributed by atoms with Crippen molar-refractivity contribution in [2.45, 2.75) is 172 Å². The molecule has 0 aromatic carbocycles. The van der Waals surface area contributed by atoms with Crippen LogP contribution in [0, 0.1) is 29.6 Å². The lowest BCUT2D eigenvalue weighted by molar-refractivity contribution is 0.0396. The fourth-order valence-corrected chi connectivity index (χ4v) is 9.51. The Morgan fingerprint density at radius 3 is 1.22 bits per heavy atom. The lowest BCUT2D eigenvalue weighted by atomic mass is 9.80. The molecule has 6 saturated carbocycles. The Bertz CT molecular complexity index is 501. The SMILES string of the molecule is C1CC[C@@H]2CCCC2C1.C1CC[C@@H]2CCCC2C1.C1CC[C@@H]2NCCCC2C1.C1CC[C@@H]2OCOC2C1. The van der Waals surface area contributed by atoms with Gasteiger partial charge in [0, 0.05) is 6.04 Å². The lowest BCUT2D eigenvalue weighted by Gasteiger charge is -2.36. The number of rotatable bonds is 0. The summed E-state index contributed by atoms with van der Waals surface area (Å²) in [4.78, 5) is 0. The minimum Gasteiger partial charge on any atom is -0.349 e. The summed E-state index contributed by atoms with van der Waals surface area (Å²) in [6, 6.07) is 0.905. The maximum absolute atomic E-state index is 5.33. The molecule has 0 amide bonds. The summed E-state index contributed by atoms with van der Waals surface area (Å²) in [7, 11) is 0. The fraction of sp³-hybridized carbons (Fsp3) is 1.00. The molecule has 2 saturated heterocycles. The van der Waals surface area contributed by atoms with Crippen molar-refractivity contribution >= 4 is 0 Å². The molecule has 8 atom stereocenters. The van der Waals surface area contributed by atoms with Crippen molar-refractivity contribution in [3.05, 3.63) is 0 Å². The molecule has 37 heavy (non-hydrogen) atoms. The average molecular weight is 516 g/mol. The summed E-state index contributed by atoms with van der Waals surface area (Å²) in [5.74, 6) is 5.71. The number of hydrogen-bond donors (Lipinski definition) is 1. The number of piperidine rings is 1. The van der Waals surface area contributed by atoms with Gasteiger partial charge in [0.05, 0.1) is 12.2 Å². The Hall–Kier alpha value is -0.120. The standard InChI is InChI=1S/C9H17N.2C9H16.C7H12O2/c1-2-6-9-8(4-1)5-3-7-10-9;2*1-2-5-9-7-3-6-8(9)4-1;1-2-4-7-6(3-1)8-5-9-7/h8-10H,1-7H2;2*8-9H,1-7H2;6-7H,1-5H2/t8?,9-;2*8-,9?;6-,7?/m0110/s1. The van der Waals surface area contributed by atoms with Gasteiger partial charge in [0.15, 0.2) is 0 Å². The first kappa shape index (κ1) is 28.4. The van der Waals surface area contributed by atoms with Crippen molar-refractivity contribution in [3.8, 4) is 0 Å². The molecule has 8 rings (SSSR count). The molecule has 2 aliphatic heterocycles. The summed E-state index contributed by atoms with van der Waals surface area (Å²) in [5, 5.41) is 3.62. The van der Waals surface area contributed by atoms with E-state index in [2.05, 4.69) is 5.32 Å².